The number of likely N-dealkylation sites (tertiary alicyclic amines) is 1. The molecule has 1 aliphatic heterocycles. The van der Waals surface area contributed by atoms with Crippen molar-refractivity contribution < 1.29 is 4.42 Å². The van der Waals surface area contributed by atoms with Crippen molar-refractivity contribution >= 4 is 41.3 Å². The summed E-state index contributed by atoms with van der Waals surface area (Å²) in [6.45, 7) is 6.25. The third-order valence-electron chi connectivity index (χ3n) is 4.89. The molecule has 0 aliphatic carbocycles. The third kappa shape index (κ3) is 6.80. The number of nitrogens with zero attached hydrogens (tertiary/aromatic N) is 2. The fraction of sp³-hybridized carbons (Fsp3) is 0.550. The number of guanidine groups is 1. The molecule has 150 valence electrons. The zero-order valence-electron chi connectivity index (χ0n) is 16.2. The van der Waals surface area contributed by atoms with Crippen LogP contribution in [0.1, 0.15) is 36.4 Å². The smallest absolute Gasteiger partial charge is 0.191 e. The lowest BCUT2D eigenvalue weighted by Gasteiger charge is -2.27. The van der Waals surface area contributed by atoms with Crippen LogP contribution in [-0.4, -0.2) is 44.1 Å². The molecule has 1 saturated heterocycles. The summed E-state index contributed by atoms with van der Waals surface area (Å²) in [6, 6.07) is 8.63. The summed E-state index contributed by atoms with van der Waals surface area (Å²) in [6.07, 6.45) is 5.40. The lowest BCUT2D eigenvalue weighted by molar-refractivity contribution is 0.215. The van der Waals surface area contributed by atoms with E-state index in [1.807, 2.05) is 24.5 Å². The Balaban J connectivity index is 0.00000261. The van der Waals surface area contributed by atoms with E-state index in [1.54, 1.807) is 6.26 Å². The first kappa shape index (κ1) is 22.2. The molecule has 0 amide bonds. The summed E-state index contributed by atoms with van der Waals surface area (Å²) in [7, 11) is 1.83. The summed E-state index contributed by atoms with van der Waals surface area (Å²) in [5, 5.41) is 9.10. The van der Waals surface area contributed by atoms with Gasteiger partial charge in [0.15, 0.2) is 5.96 Å². The third-order valence-corrected chi connectivity index (χ3v) is 5.79. The quantitative estimate of drug-likeness (QED) is 0.324. The van der Waals surface area contributed by atoms with Gasteiger partial charge in [-0.25, -0.2) is 0 Å². The lowest BCUT2D eigenvalue weighted by atomic mass is 10.1. The van der Waals surface area contributed by atoms with Crippen molar-refractivity contribution in [2.75, 3.05) is 33.2 Å². The van der Waals surface area contributed by atoms with E-state index < -0.39 is 0 Å². The van der Waals surface area contributed by atoms with Crippen LogP contribution in [0.3, 0.4) is 0 Å². The zero-order chi connectivity index (χ0) is 18.2. The van der Waals surface area contributed by atoms with Gasteiger partial charge in [-0.1, -0.05) is 13.0 Å². The van der Waals surface area contributed by atoms with Crippen LogP contribution in [0.5, 0.6) is 0 Å². The Kier molecular flexibility index (Phi) is 9.64. The van der Waals surface area contributed by atoms with Crippen molar-refractivity contribution in [1.82, 2.24) is 15.5 Å². The molecule has 27 heavy (non-hydrogen) atoms. The van der Waals surface area contributed by atoms with Gasteiger partial charge in [0.2, 0.25) is 0 Å². The van der Waals surface area contributed by atoms with Crippen molar-refractivity contribution in [2.45, 2.75) is 32.2 Å². The van der Waals surface area contributed by atoms with Gasteiger partial charge in [-0.2, -0.15) is 0 Å². The van der Waals surface area contributed by atoms with Gasteiger partial charge in [0.05, 0.1) is 12.3 Å². The Morgan fingerprint density at radius 1 is 1.22 bits per heavy atom. The molecule has 2 aromatic heterocycles. The maximum absolute atomic E-state index is 5.69. The average Bonchev–Trinajstić information content (AvgIpc) is 3.41. The first-order valence-electron chi connectivity index (χ1n) is 9.50. The molecule has 0 aromatic carbocycles. The number of nitrogens with one attached hydrogen (secondary N) is 2. The Labute approximate surface area is 183 Å². The zero-order valence-corrected chi connectivity index (χ0v) is 19.3. The molecule has 2 N–H and O–H groups in total. The highest BCUT2D eigenvalue weighted by Crippen LogP contribution is 2.24. The van der Waals surface area contributed by atoms with E-state index in [0.29, 0.717) is 5.92 Å². The molecule has 0 saturated carbocycles. The van der Waals surface area contributed by atoms with Crippen molar-refractivity contribution in [2.24, 2.45) is 10.9 Å². The molecular weight excluding hydrogens is 471 g/mol. The largest absolute Gasteiger partial charge is 0.468 e. The number of thiophene rings is 1. The van der Waals surface area contributed by atoms with Crippen LogP contribution in [0.2, 0.25) is 0 Å². The highest BCUT2D eigenvalue weighted by Gasteiger charge is 2.25. The van der Waals surface area contributed by atoms with Gasteiger partial charge >= 0.3 is 0 Å². The van der Waals surface area contributed by atoms with E-state index >= 15 is 0 Å². The molecule has 3 heterocycles. The topological polar surface area (TPSA) is 52.8 Å². The van der Waals surface area contributed by atoms with Crippen molar-refractivity contribution in [3.8, 4) is 0 Å². The van der Waals surface area contributed by atoms with Crippen molar-refractivity contribution in [3.05, 3.63) is 46.5 Å². The lowest BCUT2D eigenvalue weighted by Crippen LogP contribution is -2.43. The van der Waals surface area contributed by atoms with E-state index in [1.165, 1.54) is 17.7 Å². The van der Waals surface area contributed by atoms with Crippen LogP contribution in [0.4, 0.5) is 0 Å². The first-order valence-corrected chi connectivity index (χ1v) is 10.4. The molecular formula is C20H31IN4OS. The number of hydrogen-bond donors (Lipinski definition) is 2. The number of rotatable bonds is 8. The van der Waals surface area contributed by atoms with Crippen LogP contribution in [-0.2, 0) is 6.42 Å². The van der Waals surface area contributed by atoms with Gasteiger partial charge in [-0.05, 0) is 61.8 Å². The fourth-order valence-corrected chi connectivity index (χ4v) is 4.34. The van der Waals surface area contributed by atoms with Gasteiger partial charge in [0.1, 0.15) is 5.76 Å². The molecule has 1 aliphatic rings. The Bertz CT molecular complexity index is 654. The van der Waals surface area contributed by atoms with Crippen LogP contribution in [0, 0.1) is 5.92 Å². The minimum Gasteiger partial charge on any atom is -0.468 e. The summed E-state index contributed by atoms with van der Waals surface area (Å²) < 4.78 is 5.69. The van der Waals surface area contributed by atoms with E-state index in [9.17, 15) is 0 Å². The Morgan fingerprint density at radius 2 is 2.00 bits per heavy atom. The number of hydrogen-bond acceptors (Lipinski definition) is 4. The van der Waals surface area contributed by atoms with Crippen LogP contribution in [0.25, 0.3) is 0 Å². The Hall–Kier alpha value is -1.06. The second-order valence-electron chi connectivity index (χ2n) is 7.00. The van der Waals surface area contributed by atoms with E-state index in [0.717, 1.165) is 44.3 Å². The van der Waals surface area contributed by atoms with E-state index in [4.69, 9.17) is 4.42 Å². The minimum absolute atomic E-state index is 0. The number of furan rings is 1. The van der Waals surface area contributed by atoms with Gasteiger partial charge in [-0.3, -0.25) is 9.89 Å². The number of aliphatic imine (C=N–C) groups is 1. The Morgan fingerprint density at radius 3 is 2.63 bits per heavy atom. The average molecular weight is 502 g/mol. The predicted octanol–water partition coefficient (Wildman–Crippen LogP) is 4.14. The molecule has 3 rings (SSSR count). The van der Waals surface area contributed by atoms with Crippen molar-refractivity contribution in [3.63, 3.8) is 0 Å². The monoisotopic (exact) mass is 502 g/mol. The summed E-state index contributed by atoms with van der Waals surface area (Å²) in [5.41, 5.74) is 0. The second-order valence-corrected chi connectivity index (χ2v) is 8.03. The van der Waals surface area contributed by atoms with E-state index in [2.05, 4.69) is 51.0 Å². The van der Waals surface area contributed by atoms with Crippen molar-refractivity contribution in [1.29, 1.82) is 0 Å². The molecule has 0 bridgehead atoms. The maximum Gasteiger partial charge on any atom is 0.191 e. The first-order chi connectivity index (χ1) is 12.8. The molecule has 2 atom stereocenters. The summed E-state index contributed by atoms with van der Waals surface area (Å²) in [4.78, 5) is 8.32. The van der Waals surface area contributed by atoms with Crippen LogP contribution >= 0.6 is 35.3 Å². The molecule has 1 fully saturated rings. The number of halogens is 1. The van der Waals surface area contributed by atoms with E-state index in [-0.39, 0.29) is 30.0 Å². The van der Waals surface area contributed by atoms with Gasteiger partial charge < -0.3 is 15.1 Å². The summed E-state index contributed by atoms with van der Waals surface area (Å²) in [5.74, 6) is 2.45. The molecule has 2 aromatic rings. The van der Waals surface area contributed by atoms with Gasteiger partial charge in [-0.15, -0.1) is 35.3 Å². The molecule has 0 spiro atoms. The molecule has 5 nitrogen and oxygen atoms in total. The SMILES string of the molecule is CN=C(NCC(C)Cc1cccs1)NCC(c1ccco1)N1CCCC1.I. The van der Waals surface area contributed by atoms with Gasteiger partial charge in [0.25, 0.3) is 0 Å². The minimum atomic E-state index is 0. The molecule has 2 unspecified atom stereocenters. The van der Waals surface area contributed by atoms with Crippen LogP contribution < -0.4 is 10.6 Å². The van der Waals surface area contributed by atoms with Gasteiger partial charge in [0, 0.05) is 25.0 Å². The summed E-state index contributed by atoms with van der Waals surface area (Å²) >= 11 is 1.83. The molecule has 0 radical (unpaired) electrons. The normalized spacial score (nSPS) is 17.3. The molecule has 7 heteroatoms. The standard InChI is InChI=1S/C20H30N4OS.HI/c1-16(13-17-7-6-12-26-17)14-22-20(21-2)23-15-18(19-8-5-11-25-19)24-9-3-4-10-24;/h5-8,11-12,16,18H,3-4,9-10,13-15H2,1-2H3,(H2,21,22,23);1H. The van der Waals surface area contributed by atoms with Crippen LogP contribution in [0.15, 0.2) is 45.3 Å². The fourth-order valence-electron chi connectivity index (χ4n) is 3.47. The second kappa shape index (κ2) is 11.7. The predicted molar refractivity (Wildman–Crippen MR) is 124 cm³/mol. The highest BCUT2D eigenvalue weighted by atomic mass is 127. The maximum atomic E-state index is 5.69. The highest BCUT2D eigenvalue weighted by molar-refractivity contribution is 14.0.